The first-order chi connectivity index (χ1) is 9.79. The van der Waals surface area contributed by atoms with E-state index in [1.807, 2.05) is 0 Å². The molecule has 3 nitrogen and oxygen atoms in total. The summed E-state index contributed by atoms with van der Waals surface area (Å²) in [6.45, 7) is 3.33. The highest BCUT2D eigenvalue weighted by molar-refractivity contribution is 6.36. The maximum absolute atomic E-state index is 14.0. The van der Waals surface area contributed by atoms with E-state index in [1.165, 1.54) is 25.1 Å². The Balaban J connectivity index is 2.37. The van der Waals surface area contributed by atoms with Gasteiger partial charge in [0.2, 0.25) is 0 Å². The Morgan fingerprint density at radius 2 is 1.76 bits per heavy atom. The van der Waals surface area contributed by atoms with Crippen molar-refractivity contribution in [3.8, 4) is 0 Å². The molecule has 0 saturated heterocycles. The first kappa shape index (κ1) is 15.6. The molecule has 0 unspecified atom stereocenters. The Kier molecular flexibility index (Phi) is 4.40. The summed E-state index contributed by atoms with van der Waals surface area (Å²) in [4.78, 5) is 12.2. The number of carbonyl (C=O) groups is 1. The van der Waals surface area contributed by atoms with Crippen molar-refractivity contribution in [1.82, 2.24) is 0 Å². The van der Waals surface area contributed by atoms with E-state index in [4.69, 9.17) is 28.9 Å². The number of amides is 1. The topological polar surface area (TPSA) is 55.1 Å². The summed E-state index contributed by atoms with van der Waals surface area (Å²) >= 11 is 12.0. The minimum Gasteiger partial charge on any atom is -0.399 e. The molecule has 0 aliphatic carbocycles. The summed E-state index contributed by atoms with van der Waals surface area (Å²) in [6.07, 6.45) is 0. The first-order valence-corrected chi connectivity index (χ1v) is 6.88. The van der Waals surface area contributed by atoms with Gasteiger partial charge < -0.3 is 11.1 Å². The van der Waals surface area contributed by atoms with E-state index in [1.54, 1.807) is 13.0 Å². The zero-order valence-corrected chi connectivity index (χ0v) is 12.9. The van der Waals surface area contributed by atoms with Crippen LogP contribution in [0.25, 0.3) is 0 Å². The van der Waals surface area contributed by atoms with Crippen LogP contribution in [0.1, 0.15) is 21.5 Å². The lowest BCUT2D eigenvalue weighted by Crippen LogP contribution is -2.15. The fourth-order valence-corrected chi connectivity index (χ4v) is 2.32. The summed E-state index contributed by atoms with van der Waals surface area (Å²) in [5.74, 6) is -1.25. The maximum atomic E-state index is 14.0. The van der Waals surface area contributed by atoms with Gasteiger partial charge >= 0.3 is 0 Å². The van der Waals surface area contributed by atoms with Crippen molar-refractivity contribution in [1.29, 1.82) is 0 Å². The van der Waals surface area contributed by atoms with Crippen LogP contribution < -0.4 is 11.1 Å². The molecule has 0 aromatic heterocycles. The molecule has 0 aliphatic rings. The van der Waals surface area contributed by atoms with Crippen LogP contribution in [-0.4, -0.2) is 5.91 Å². The maximum Gasteiger partial charge on any atom is 0.258 e. The van der Waals surface area contributed by atoms with Gasteiger partial charge in [-0.05, 0) is 49.2 Å². The lowest BCUT2D eigenvalue weighted by molar-refractivity contribution is 0.102. The molecule has 0 bridgehead atoms. The largest absolute Gasteiger partial charge is 0.399 e. The van der Waals surface area contributed by atoms with E-state index < -0.39 is 11.7 Å². The highest BCUT2D eigenvalue weighted by Gasteiger charge is 2.16. The molecule has 0 atom stereocenters. The Bertz CT molecular complexity index is 732. The molecule has 2 rings (SSSR count). The van der Waals surface area contributed by atoms with Crippen molar-refractivity contribution in [3.05, 3.63) is 56.8 Å². The Labute approximate surface area is 131 Å². The number of halogens is 3. The Morgan fingerprint density at radius 3 is 2.43 bits per heavy atom. The van der Waals surface area contributed by atoms with Crippen LogP contribution in [0.2, 0.25) is 10.0 Å². The van der Waals surface area contributed by atoms with Gasteiger partial charge in [0.25, 0.3) is 5.91 Å². The second kappa shape index (κ2) is 5.92. The van der Waals surface area contributed by atoms with Gasteiger partial charge in [-0.25, -0.2) is 4.39 Å². The summed E-state index contributed by atoms with van der Waals surface area (Å²) in [6, 6.07) is 5.89. The summed E-state index contributed by atoms with van der Waals surface area (Å²) in [5.41, 5.74) is 7.21. The smallest absolute Gasteiger partial charge is 0.258 e. The predicted octanol–water partition coefficient (Wildman–Crippen LogP) is 4.58. The third-order valence-corrected chi connectivity index (χ3v) is 3.74. The number of anilines is 2. The lowest BCUT2D eigenvalue weighted by Gasteiger charge is -2.11. The van der Waals surface area contributed by atoms with Crippen LogP contribution in [-0.2, 0) is 0 Å². The average molecular weight is 327 g/mol. The van der Waals surface area contributed by atoms with Gasteiger partial charge in [0, 0.05) is 10.7 Å². The van der Waals surface area contributed by atoms with Gasteiger partial charge in [0.15, 0.2) is 0 Å². The molecule has 3 N–H and O–H groups in total. The molecule has 110 valence electrons. The molecule has 6 heteroatoms. The van der Waals surface area contributed by atoms with Crippen LogP contribution in [0.4, 0.5) is 15.8 Å². The SMILES string of the molecule is Cc1cc(Cl)c(NC(=O)c2cc(N)cc(C)c2F)cc1Cl. The second-order valence-electron chi connectivity index (χ2n) is 4.73. The number of nitrogen functional groups attached to an aromatic ring is 1. The lowest BCUT2D eigenvalue weighted by atomic mass is 10.1. The standard InChI is InChI=1S/C15H13Cl2FN2O/c1-7-4-12(17)13(6-11(7)16)20-15(21)10-5-9(19)3-8(2)14(10)18/h3-6H,19H2,1-2H3,(H,20,21). The molecule has 0 radical (unpaired) electrons. The van der Waals surface area contributed by atoms with Crippen LogP contribution in [0, 0.1) is 19.7 Å². The van der Waals surface area contributed by atoms with E-state index in [0.29, 0.717) is 27.0 Å². The van der Waals surface area contributed by atoms with Gasteiger partial charge in [-0.1, -0.05) is 23.2 Å². The second-order valence-corrected chi connectivity index (χ2v) is 5.55. The third kappa shape index (κ3) is 3.28. The third-order valence-electron chi connectivity index (χ3n) is 3.02. The fraction of sp³-hybridized carbons (Fsp3) is 0.133. The minimum atomic E-state index is -0.635. The number of benzene rings is 2. The number of aryl methyl sites for hydroxylation is 2. The minimum absolute atomic E-state index is 0.139. The van der Waals surface area contributed by atoms with Crippen LogP contribution in [0.5, 0.6) is 0 Å². The van der Waals surface area contributed by atoms with Crippen molar-refractivity contribution in [2.45, 2.75) is 13.8 Å². The molecule has 1 amide bonds. The van der Waals surface area contributed by atoms with Crippen LogP contribution >= 0.6 is 23.2 Å². The van der Waals surface area contributed by atoms with Gasteiger partial charge in [-0.15, -0.1) is 0 Å². The van der Waals surface area contributed by atoms with Gasteiger partial charge in [-0.3, -0.25) is 4.79 Å². The number of hydrogen-bond acceptors (Lipinski definition) is 2. The Morgan fingerprint density at radius 1 is 1.10 bits per heavy atom. The number of carbonyl (C=O) groups excluding carboxylic acids is 1. The molecule has 2 aromatic carbocycles. The number of nitrogens with one attached hydrogen (secondary N) is 1. The van der Waals surface area contributed by atoms with Gasteiger partial charge in [-0.2, -0.15) is 0 Å². The monoisotopic (exact) mass is 326 g/mol. The van der Waals surface area contributed by atoms with E-state index in [-0.39, 0.29) is 5.56 Å². The van der Waals surface area contributed by atoms with Crippen molar-refractivity contribution in [2.24, 2.45) is 0 Å². The molecule has 0 aliphatic heterocycles. The molecular formula is C15H13Cl2FN2O. The molecular weight excluding hydrogens is 314 g/mol. The van der Waals surface area contributed by atoms with E-state index in [2.05, 4.69) is 5.32 Å². The molecule has 0 fully saturated rings. The predicted molar refractivity (Wildman–Crippen MR) is 84.7 cm³/mol. The number of hydrogen-bond donors (Lipinski definition) is 2. The first-order valence-electron chi connectivity index (χ1n) is 6.12. The highest BCUT2D eigenvalue weighted by Crippen LogP contribution is 2.29. The van der Waals surface area contributed by atoms with Gasteiger partial charge in [0.05, 0.1) is 16.3 Å². The van der Waals surface area contributed by atoms with Crippen molar-refractivity contribution in [3.63, 3.8) is 0 Å². The number of rotatable bonds is 2. The van der Waals surface area contributed by atoms with Crippen molar-refractivity contribution >= 4 is 40.5 Å². The molecule has 2 aromatic rings. The van der Waals surface area contributed by atoms with E-state index >= 15 is 0 Å². The molecule has 0 heterocycles. The fourth-order valence-electron chi connectivity index (χ4n) is 1.89. The molecule has 0 saturated carbocycles. The number of nitrogens with two attached hydrogens (primary N) is 1. The van der Waals surface area contributed by atoms with Crippen molar-refractivity contribution < 1.29 is 9.18 Å². The normalized spacial score (nSPS) is 10.5. The highest BCUT2D eigenvalue weighted by atomic mass is 35.5. The average Bonchev–Trinajstić information content (AvgIpc) is 2.40. The quantitative estimate of drug-likeness (QED) is 0.793. The zero-order chi connectivity index (χ0) is 15.7. The van der Waals surface area contributed by atoms with E-state index in [0.717, 1.165) is 5.56 Å². The molecule has 0 spiro atoms. The van der Waals surface area contributed by atoms with Gasteiger partial charge in [0.1, 0.15) is 5.82 Å². The summed E-state index contributed by atoms with van der Waals surface area (Å²) in [7, 11) is 0. The van der Waals surface area contributed by atoms with E-state index in [9.17, 15) is 9.18 Å². The summed E-state index contributed by atoms with van der Waals surface area (Å²) in [5, 5.41) is 3.32. The Hall–Kier alpha value is -1.78. The van der Waals surface area contributed by atoms with Crippen molar-refractivity contribution in [2.75, 3.05) is 11.1 Å². The van der Waals surface area contributed by atoms with Crippen LogP contribution in [0.3, 0.4) is 0 Å². The van der Waals surface area contributed by atoms with Crippen LogP contribution in [0.15, 0.2) is 24.3 Å². The summed E-state index contributed by atoms with van der Waals surface area (Å²) < 4.78 is 14.0. The zero-order valence-electron chi connectivity index (χ0n) is 11.4. The molecule has 21 heavy (non-hydrogen) atoms.